The molecule has 0 spiro atoms. The van der Waals surface area contributed by atoms with Crippen LogP contribution in [0.15, 0.2) is 77.4 Å². The second-order valence-electron chi connectivity index (χ2n) is 9.34. The van der Waals surface area contributed by atoms with Crippen LogP contribution in [-0.4, -0.2) is 50.5 Å². The van der Waals surface area contributed by atoms with Gasteiger partial charge in [-0.2, -0.15) is 0 Å². The van der Waals surface area contributed by atoms with Crippen molar-refractivity contribution in [2.24, 2.45) is 4.99 Å². The van der Waals surface area contributed by atoms with Crippen molar-refractivity contribution in [1.29, 1.82) is 0 Å². The van der Waals surface area contributed by atoms with E-state index < -0.39 is 16.9 Å². The highest BCUT2D eigenvalue weighted by Crippen LogP contribution is 2.34. The van der Waals surface area contributed by atoms with Gasteiger partial charge in [-0.1, -0.05) is 36.4 Å². The summed E-state index contributed by atoms with van der Waals surface area (Å²) in [7, 11) is 1.50. The number of nitrogens with one attached hydrogen (secondary N) is 3. The van der Waals surface area contributed by atoms with Gasteiger partial charge in [0.15, 0.2) is 5.88 Å². The van der Waals surface area contributed by atoms with Crippen LogP contribution in [0, 0.1) is 10.1 Å². The zero-order chi connectivity index (χ0) is 29.3. The first kappa shape index (κ1) is 26.8. The first-order valence-electron chi connectivity index (χ1n) is 12.4. The minimum atomic E-state index is -0.510. The van der Waals surface area contributed by atoms with Gasteiger partial charge in [-0.15, -0.1) is 0 Å². The van der Waals surface area contributed by atoms with E-state index in [-0.39, 0.29) is 28.7 Å². The average molecular weight is 553 g/mol. The number of rotatable bonds is 7. The van der Waals surface area contributed by atoms with Crippen molar-refractivity contribution < 1.29 is 24.4 Å². The molecule has 0 unspecified atom stereocenters. The Bertz CT molecular complexity index is 1770. The number of urea groups is 1. The maximum Gasteiger partial charge on any atom is 0.328 e. The maximum atomic E-state index is 12.1. The Hall–Kier alpha value is -5.78. The number of amides is 4. The number of nitro benzene ring substituents is 1. The Kier molecular flexibility index (Phi) is 7.04. The topological polar surface area (TPSA) is 170 Å². The average Bonchev–Trinajstić information content (AvgIpc) is 3.40. The van der Waals surface area contributed by atoms with E-state index in [1.165, 1.54) is 37.1 Å². The number of aromatic amines is 1. The van der Waals surface area contributed by atoms with Gasteiger partial charge in [-0.3, -0.25) is 29.9 Å². The van der Waals surface area contributed by atoms with Gasteiger partial charge in [0.2, 0.25) is 5.91 Å². The number of benzene rings is 3. The molecule has 1 aliphatic heterocycles. The number of aromatic nitrogens is 1. The molecule has 5 rings (SSSR count). The van der Waals surface area contributed by atoms with Gasteiger partial charge in [0.1, 0.15) is 5.70 Å². The molecule has 1 aromatic heterocycles. The lowest BCUT2D eigenvalue weighted by atomic mass is 9.99. The summed E-state index contributed by atoms with van der Waals surface area (Å²) >= 11 is 0. The van der Waals surface area contributed by atoms with Crippen LogP contribution in [0.2, 0.25) is 0 Å². The van der Waals surface area contributed by atoms with Gasteiger partial charge < -0.3 is 15.4 Å². The Morgan fingerprint density at radius 2 is 1.80 bits per heavy atom. The standard InChI is InChI=1S/C29H24N6O6/c1-16(36)30-15-18-3-7-19(8-4-18)26(25-22-14-21(35(40)41)11-12-23(22)32-28(25)38)31-20-9-5-17(6-10-20)13-24-27(37)33-29(39)34(24)2/h3-14,32,38H,15H2,1-2H3,(H,30,36)(H,33,37,39)/b24-13-,31-26?. The van der Waals surface area contributed by atoms with Gasteiger partial charge in [-0.25, -0.2) is 9.79 Å². The van der Waals surface area contributed by atoms with Crippen molar-refractivity contribution in [3.05, 3.63) is 105 Å². The SMILES string of the molecule is CC(=O)NCc1ccc(C(=Nc2ccc(/C=C3/C(=O)NC(=O)N3C)cc2)c2c(O)[nH]c3ccc([N+](=O)[O-])cc23)cc1. The van der Waals surface area contributed by atoms with E-state index in [0.29, 0.717) is 40.0 Å². The van der Waals surface area contributed by atoms with E-state index in [9.17, 15) is 29.6 Å². The summed E-state index contributed by atoms with van der Waals surface area (Å²) in [6.45, 7) is 1.77. The van der Waals surface area contributed by atoms with E-state index >= 15 is 0 Å². The van der Waals surface area contributed by atoms with Crippen LogP contribution >= 0.6 is 0 Å². The van der Waals surface area contributed by atoms with Crippen molar-refractivity contribution in [3.8, 4) is 5.88 Å². The molecule has 12 heteroatoms. The maximum absolute atomic E-state index is 12.1. The number of nitrogens with zero attached hydrogens (tertiary/aromatic N) is 3. The van der Waals surface area contributed by atoms with E-state index in [4.69, 9.17) is 4.99 Å². The lowest BCUT2D eigenvalue weighted by Crippen LogP contribution is -2.24. The molecular formula is C29H24N6O6. The highest BCUT2D eigenvalue weighted by atomic mass is 16.6. The number of imide groups is 1. The molecule has 4 aromatic rings. The third-order valence-electron chi connectivity index (χ3n) is 6.54. The fourth-order valence-corrected chi connectivity index (χ4v) is 4.39. The van der Waals surface area contributed by atoms with Gasteiger partial charge in [0.25, 0.3) is 11.6 Å². The summed E-state index contributed by atoms with van der Waals surface area (Å²) in [5, 5.41) is 27.8. The number of aliphatic imine (C=N–C) groups is 1. The van der Waals surface area contributed by atoms with Gasteiger partial charge in [-0.05, 0) is 35.4 Å². The van der Waals surface area contributed by atoms with Crippen molar-refractivity contribution in [2.75, 3.05) is 7.05 Å². The summed E-state index contributed by atoms with van der Waals surface area (Å²) in [6.07, 6.45) is 1.58. The molecule has 12 nitrogen and oxygen atoms in total. The molecule has 0 atom stereocenters. The van der Waals surface area contributed by atoms with Crippen LogP contribution in [0.3, 0.4) is 0 Å². The van der Waals surface area contributed by atoms with Crippen LogP contribution in [-0.2, 0) is 16.1 Å². The zero-order valence-corrected chi connectivity index (χ0v) is 22.0. The molecule has 2 heterocycles. The summed E-state index contributed by atoms with van der Waals surface area (Å²) in [4.78, 5) is 54.9. The monoisotopic (exact) mass is 552 g/mol. The lowest BCUT2D eigenvalue weighted by molar-refractivity contribution is -0.384. The number of hydrogen-bond donors (Lipinski definition) is 4. The predicted octanol–water partition coefficient (Wildman–Crippen LogP) is 4.11. The lowest BCUT2D eigenvalue weighted by Gasteiger charge is -2.10. The number of likely N-dealkylation sites (N-methyl/N-ethyl adjacent to an activating group) is 1. The minimum Gasteiger partial charge on any atom is -0.494 e. The van der Waals surface area contributed by atoms with E-state index in [1.807, 2.05) is 12.1 Å². The third kappa shape index (κ3) is 5.52. The second kappa shape index (κ2) is 10.8. The Balaban J connectivity index is 1.59. The number of hydrogen-bond acceptors (Lipinski definition) is 7. The number of carbonyl (C=O) groups is 3. The van der Waals surface area contributed by atoms with Gasteiger partial charge >= 0.3 is 6.03 Å². The summed E-state index contributed by atoms with van der Waals surface area (Å²) in [6, 6.07) is 17.8. The van der Waals surface area contributed by atoms with Crippen LogP contribution in [0.5, 0.6) is 5.88 Å². The molecule has 4 N–H and O–H groups in total. The van der Waals surface area contributed by atoms with Gasteiger partial charge in [0, 0.05) is 49.1 Å². The molecule has 1 saturated heterocycles. The number of non-ortho nitro benzene ring substituents is 1. The first-order chi connectivity index (χ1) is 19.6. The summed E-state index contributed by atoms with van der Waals surface area (Å²) in [5.74, 6) is -0.858. The molecule has 0 saturated carbocycles. The number of nitro groups is 1. The summed E-state index contributed by atoms with van der Waals surface area (Å²) < 4.78 is 0. The fourth-order valence-electron chi connectivity index (χ4n) is 4.39. The Labute approximate surface area is 233 Å². The number of aromatic hydroxyl groups is 1. The van der Waals surface area contributed by atoms with Crippen molar-refractivity contribution in [2.45, 2.75) is 13.5 Å². The van der Waals surface area contributed by atoms with Crippen LogP contribution < -0.4 is 10.6 Å². The second-order valence-corrected chi connectivity index (χ2v) is 9.34. The van der Waals surface area contributed by atoms with Crippen LogP contribution in [0.1, 0.15) is 29.2 Å². The normalized spacial score (nSPS) is 14.5. The first-order valence-corrected chi connectivity index (χ1v) is 12.4. The molecule has 3 aromatic carbocycles. The number of carbonyl (C=O) groups excluding carboxylic acids is 3. The molecule has 4 amide bonds. The van der Waals surface area contributed by atoms with Crippen molar-refractivity contribution in [1.82, 2.24) is 20.5 Å². The molecule has 206 valence electrons. The third-order valence-corrected chi connectivity index (χ3v) is 6.54. The quantitative estimate of drug-likeness (QED) is 0.0884. The van der Waals surface area contributed by atoms with Crippen LogP contribution in [0.25, 0.3) is 17.0 Å². The van der Waals surface area contributed by atoms with E-state index in [2.05, 4.69) is 15.6 Å². The van der Waals surface area contributed by atoms with Crippen molar-refractivity contribution >= 4 is 51.9 Å². The number of H-pyrrole nitrogens is 1. The minimum absolute atomic E-state index is 0.139. The molecule has 41 heavy (non-hydrogen) atoms. The predicted molar refractivity (Wildman–Crippen MR) is 152 cm³/mol. The highest BCUT2D eigenvalue weighted by molar-refractivity contribution is 6.22. The molecular weight excluding hydrogens is 528 g/mol. The smallest absolute Gasteiger partial charge is 0.328 e. The highest BCUT2D eigenvalue weighted by Gasteiger charge is 2.29. The molecule has 0 radical (unpaired) electrons. The van der Waals surface area contributed by atoms with E-state index in [1.54, 1.807) is 42.5 Å². The van der Waals surface area contributed by atoms with Crippen molar-refractivity contribution in [3.63, 3.8) is 0 Å². The number of fused-ring (bicyclic) bond motifs is 1. The van der Waals surface area contributed by atoms with E-state index in [0.717, 1.165) is 5.56 Å². The molecule has 0 bridgehead atoms. The summed E-state index contributed by atoms with van der Waals surface area (Å²) in [5.41, 5.74) is 3.82. The van der Waals surface area contributed by atoms with Gasteiger partial charge in [0.05, 0.1) is 21.9 Å². The Morgan fingerprint density at radius 3 is 2.41 bits per heavy atom. The molecule has 1 fully saturated rings. The molecule has 1 aliphatic rings. The largest absolute Gasteiger partial charge is 0.494 e. The zero-order valence-electron chi connectivity index (χ0n) is 22.0. The van der Waals surface area contributed by atoms with Crippen LogP contribution in [0.4, 0.5) is 16.2 Å². The fraction of sp³-hybridized carbons (Fsp3) is 0.103. The Morgan fingerprint density at radius 1 is 1.10 bits per heavy atom. The molecule has 0 aliphatic carbocycles.